The minimum absolute atomic E-state index is 0.0972. The number of thiophene rings is 1. The molecule has 25 heavy (non-hydrogen) atoms. The highest BCUT2D eigenvalue weighted by molar-refractivity contribution is 7.12. The molecule has 5 heteroatoms. The van der Waals surface area contributed by atoms with Gasteiger partial charge in [-0.15, -0.1) is 11.3 Å². The van der Waals surface area contributed by atoms with Crippen LogP contribution in [-0.2, 0) is 0 Å². The molecule has 0 spiro atoms. The zero-order valence-corrected chi connectivity index (χ0v) is 16.5. The maximum Gasteiger partial charge on any atom is 0.262 e. The Bertz CT molecular complexity index is 749. The van der Waals surface area contributed by atoms with Crippen LogP contribution in [0.15, 0.2) is 29.6 Å². The standard InChI is InChI=1S/C20H27NO3S/c1-12(2)24-15-7-8-16(14(4)11-15)18(22)20(5,6)21-19(23)17-13(3)9-10-25-17/h7-12,18,22H,1-6H3,(H,21,23). The summed E-state index contributed by atoms with van der Waals surface area (Å²) in [4.78, 5) is 13.2. The van der Waals surface area contributed by atoms with Crippen LogP contribution in [0.2, 0.25) is 0 Å². The summed E-state index contributed by atoms with van der Waals surface area (Å²) >= 11 is 1.41. The Morgan fingerprint density at radius 2 is 1.88 bits per heavy atom. The molecule has 1 aromatic heterocycles. The number of amides is 1. The Morgan fingerprint density at radius 1 is 1.20 bits per heavy atom. The molecule has 4 nitrogen and oxygen atoms in total. The fourth-order valence-corrected chi connectivity index (χ4v) is 3.53. The molecule has 1 atom stereocenters. The van der Waals surface area contributed by atoms with Gasteiger partial charge in [0.05, 0.1) is 16.5 Å². The van der Waals surface area contributed by atoms with Gasteiger partial charge in [0.15, 0.2) is 0 Å². The van der Waals surface area contributed by atoms with Crippen LogP contribution in [-0.4, -0.2) is 22.7 Å². The molecule has 0 fully saturated rings. The maximum atomic E-state index is 12.5. The Morgan fingerprint density at radius 3 is 2.40 bits per heavy atom. The maximum absolute atomic E-state index is 12.5. The first-order chi connectivity index (χ1) is 11.6. The minimum Gasteiger partial charge on any atom is -0.491 e. The largest absolute Gasteiger partial charge is 0.491 e. The minimum atomic E-state index is -0.829. The monoisotopic (exact) mass is 361 g/mol. The molecular formula is C20H27NO3S. The number of carbonyl (C=O) groups is 1. The quantitative estimate of drug-likeness (QED) is 0.802. The number of nitrogens with one attached hydrogen (secondary N) is 1. The van der Waals surface area contributed by atoms with Gasteiger partial charge >= 0.3 is 0 Å². The van der Waals surface area contributed by atoms with Crippen molar-refractivity contribution in [2.75, 3.05) is 0 Å². The highest BCUT2D eigenvalue weighted by Gasteiger charge is 2.32. The first-order valence-corrected chi connectivity index (χ1v) is 9.31. The van der Waals surface area contributed by atoms with Gasteiger partial charge in [0, 0.05) is 0 Å². The normalized spacial score (nSPS) is 13.0. The van der Waals surface area contributed by atoms with E-state index in [2.05, 4.69) is 5.32 Å². The molecule has 0 radical (unpaired) electrons. The van der Waals surface area contributed by atoms with Crippen molar-refractivity contribution in [1.82, 2.24) is 5.32 Å². The van der Waals surface area contributed by atoms with E-state index in [1.807, 2.05) is 71.2 Å². The lowest BCUT2D eigenvalue weighted by Gasteiger charge is -2.33. The zero-order valence-electron chi connectivity index (χ0n) is 15.7. The molecule has 136 valence electrons. The van der Waals surface area contributed by atoms with Gasteiger partial charge < -0.3 is 15.2 Å². The molecule has 0 aliphatic heterocycles. The molecule has 1 heterocycles. The average molecular weight is 362 g/mol. The number of hydrogen-bond acceptors (Lipinski definition) is 4. The van der Waals surface area contributed by atoms with Crippen molar-refractivity contribution in [2.45, 2.75) is 59.3 Å². The van der Waals surface area contributed by atoms with Gasteiger partial charge in [0.1, 0.15) is 11.9 Å². The van der Waals surface area contributed by atoms with E-state index in [9.17, 15) is 9.90 Å². The molecule has 1 unspecified atom stereocenters. The molecule has 2 N–H and O–H groups in total. The average Bonchev–Trinajstić information content (AvgIpc) is 2.92. The van der Waals surface area contributed by atoms with Gasteiger partial charge in [-0.3, -0.25) is 4.79 Å². The number of ether oxygens (including phenoxy) is 1. The molecule has 0 bridgehead atoms. The summed E-state index contributed by atoms with van der Waals surface area (Å²) in [6.45, 7) is 11.5. The molecule has 0 aliphatic carbocycles. The number of rotatable bonds is 6. The Labute approximate surface area is 153 Å². The van der Waals surface area contributed by atoms with Crippen molar-refractivity contribution < 1.29 is 14.6 Å². The first-order valence-electron chi connectivity index (χ1n) is 8.43. The second kappa shape index (κ2) is 7.58. The number of carbonyl (C=O) groups excluding carboxylic acids is 1. The van der Waals surface area contributed by atoms with Crippen LogP contribution in [0.3, 0.4) is 0 Å². The van der Waals surface area contributed by atoms with Crippen LogP contribution in [0.1, 0.15) is 60.2 Å². The van der Waals surface area contributed by atoms with Crippen molar-refractivity contribution in [3.05, 3.63) is 51.2 Å². The van der Waals surface area contributed by atoms with Gasteiger partial charge in [-0.1, -0.05) is 6.07 Å². The van der Waals surface area contributed by atoms with Gasteiger partial charge in [-0.05, 0) is 81.8 Å². The van der Waals surface area contributed by atoms with Crippen molar-refractivity contribution in [3.8, 4) is 5.75 Å². The number of aryl methyl sites for hydroxylation is 2. The predicted molar refractivity (Wildman–Crippen MR) is 103 cm³/mol. The Kier molecular flexibility index (Phi) is 5.91. The van der Waals surface area contributed by atoms with E-state index in [1.165, 1.54) is 11.3 Å². The summed E-state index contributed by atoms with van der Waals surface area (Å²) in [6, 6.07) is 7.55. The zero-order chi connectivity index (χ0) is 18.8. The van der Waals surface area contributed by atoms with Crippen LogP contribution >= 0.6 is 11.3 Å². The molecule has 0 aliphatic rings. The van der Waals surface area contributed by atoms with E-state index < -0.39 is 11.6 Å². The highest BCUT2D eigenvalue weighted by atomic mass is 32.1. The summed E-state index contributed by atoms with van der Waals surface area (Å²) in [6.07, 6.45) is -0.732. The first kappa shape index (κ1) is 19.5. The molecular weight excluding hydrogens is 334 g/mol. The molecule has 0 saturated carbocycles. The second-order valence-electron chi connectivity index (χ2n) is 7.20. The van der Waals surface area contributed by atoms with Crippen LogP contribution in [0.4, 0.5) is 0 Å². The number of aliphatic hydroxyl groups is 1. The van der Waals surface area contributed by atoms with Crippen molar-refractivity contribution >= 4 is 17.2 Å². The molecule has 1 aromatic carbocycles. The van der Waals surface area contributed by atoms with Crippen molar-refractivity contribution in [3.63, 3.8) is 0 Å². The SMILES string of the molecule is Cc1cc(OC(C)C)ccc1C(O)C(C)(C)NC(=O)c1sccc1C. The molecule has 1 amide bonds. The van der Waals surface area contributed by atoms with Gasteiger partial charge in [-0.2, -0.15) is 0 Å². The van der Waals surface area contributed by atoms with Crippen molar-refractivity contribution in [1.29, 1.82) is 0 Å². The van der Waals surface area contributed by atoms with Crippen LogP contribution in [0.5, 0.6) is 5.75 Å². The molecule has 0 saturated heterocycles. The Hall–Kier alpha value is -1.85. The highest BCUT2D eigenvalue weighted by Crippen LogP contribution is 2.31. The third-order valence-electron chi connectivity index (χ3n) is 4.10. The summed E-state index contributed by atoms with van der Waals surface area (Å²) < 4.78 is 5.69. The number of benzene rings is 1. The summed E-state index contributed by atoms with van der Waals surface area (Å²) in [7, 11) is 0. The fourth-order valence-electron chi connectivity index (χ4n) is 2.71. The summed E-state index contributed by atoms with van der Waals surface area (Å²) in [5.74, 6) is 0.619. The smallest absolute Gasteiger partial charge is 0.262 e. The van der Waals surface area contributed by atoms with Crippen LogP contribution in [0, 0.1) is 13.8 Å². The third kappa shape index (κ3) is 4.61. The van der Waals surface area contributed by atoms with E-state index in [-0.39, 0.29) is 12.0 Å². The molecule has 2 aromatic rings. The number of hydrogen-bond donors (Lipinski definition) is 2. The van der Waals surface area contributed by atoms with Gasteiger partial charge in [0.2, 0.25) is 0 Å². The summed E-state index contributed by atoms with van der Waals surface area (Å²) in [5.41, 5.74) is 1.85. The van der Waals surface area contributed by atoms with E-state index >= 15 is 0 Å². The topological polar surface area (TPSA) is 58.6 Å². The van der Waals surface area contributed by atoms with E-state index in [1.54, 1.807) is 0 Å². The lowest BCUT2D eigenvalue weighted by molar-refractivity contribution is 0.0633. The second-order valence-corrected chi connectivity index (χ2v) is 8.11. The van der Waals surface area contributed by atoms with E-state index in [0.717, 1.165) is 22.4 Å². The van der Waals surface area contributed by atoms with E-state index in [4.69, 9.17) is 4.74 Å². The van der Waals surface area contributed by atoms with Crippen LogP contribution in [0.25, 0.3) is 0 Å². The fraction of sp³-hybridized carbons (Fsp3) is 0.450. The molecule has 2 rings (SSSR count). The lowest BCUT2D eigenvalue weighted by Crippen LogP contribution is -2.48. The van der Waals surface area contributed by atoms with Crippen LogP contribution < -0.4 is 10.1 Å². The number of aliphatic hydroxyl groups excluding tert-OH is 1. The lowest BCUT2D eigenvalue weighted by atomic mass is 9.88. The summed E-state index contributed by atoms with van der Waals surface area (Å²) in [5, 5.41) is 15.7. The van der Waals surface area contributed by atoms with Gasteiger partial charge in [-0.25, -0.2) is 0 Å². The van der Waals surface area contributed by atoms with Crippen molar-refractivity contribution in [2.24, 2.45) is 0 Å². The predicted octanol–water partition coefficient (Wildman–Crippen LogP) is 4.39. The Balaban J connectivity index is 2.19. The van der Waals surface area contributed by atoms with E-state index in [0.29, 0.717) is 4.88 Å². The third-order valence-corrected chi connectivity index (χ3v) is 5.11. The van der Waals surface area contributed by atoms with Gasteiger partial charge in [0.25, 0.3) is 5.91 Å².